The van der Waals surface area contributed by atoms with Crippen molar-refractivity contribution < 1.29 is 32.6 Å². The number of alkyl halides is 3. The first-order valence-corrected chi connectivity index (χ1v) is 9.01. The lowest BCUT2D eigenvalue weighted by atomic mass is 10.1. The van der Waals surface area contributed by atoms with Gasteiger partial charge < -0.3 is 20.9 Å². The number of carboxylic acid groups (broad SMARTS) is 1. The molecule has 4 N–H and O–H groups in total. The maximum atomic E-state index is 13.5. The van der Waals surface area contributed by atoms with E-state index < -0.39 is 29.4 Å². The van der Waals surface area contributed by atoms with Crippen molar-refractivity contribution in [2.24, 2.45) is 5.73 Å². The van der Waals surface area contributed by atoms with Gasteiger partial charge in [0.25, 0.3) is 0 Å². The zero-order chi connectivity index (χ0) is 23.5. The highest BCUT2D eigenvalue weighted by atomic mass is 19.4. The number of nitrogens with one attached hydrogen (secondary N) is 1. The average Bonchev–Trinajstić information content (AvgIpc) is 3.23. The van der Waals surface area contributed by atoms with E-state index in [0.29, 0.717) is 15.9 Å². The van der Waals surface area contributed by atoms with Crippen LogP contribution in [0.4, 0.5) is 18.9 Å². The molecule has 0 bridgehead atoms. The van der Waals surface area contributed by atoms with Crippen LogP contribution < -0.4 is 11.1 Å². The molecule has 0 spiro atoms. The van der Waals surface area contributed by atoms with E-state index in [1.165, 1.54) is 42.6 Å². The van der Waals surface area contributed by atoms with Crippen LogP contribution in [-0.2, 0) is 10.9 Å². The van der Waals surface area contributed by atoms with E-state index in [4.69, 9.17) is 10.8 Å². The van der Waals surface area contributed by atoms with E-state index in [1.807, 2.05) is 0 Å². The Balaban J connectivity index is 1.84. The Hall–Kier alpha value is -4.28. The monoisotopic (exact) mass is 446 g/mol. The zero-order valence-electron chi connectivity index (χ0n) is 16.6. The van der Waals surface area contributed by atoms with E-state index in [2.05, 4.69) is 15.2 Å². The summed E-state index contributed by atoms with van der Waals surface area (Å²) in [6, 6.07) is 11.8. The van der Waals surface area contributed by atoms with Crippen LogP contribution in [0.2, 0.25) is 0 Å². The molecule has 0 aliphatic heterocycles. The van der Waals surface area contributed by atoms with Crippen molar-refractivity contribution in [2.45, 2.75) is 6.18 Å². The van der Waals surface area contributed by atoms with Gasteiger partial charge in [-0.3, -0.25) is 0 Å². The zero-order valence-corrected chi connectivity index (χ0v) is 16.6. The number of benzene rings is 2. The molecular formula is C21H17F3N4O4. The molecule has 32 heavy (non-hydrogen) atoms. The molecule has 0 saturated carbocycles. The normalized spacial score (nSPS) is 11.8. The molecule has 0 atom stereocenters. The number of carbonyl (C=O) groups is 2. The number of ether oxygens (including phenoxy) is 1. The van der Waals surface area contributed by atoms with Gasteiger partial charge in [0.15, 0.2) is 5.69 Å². The summed E-state index contributed by atoms with van der Waals surface area (Å²) < 4.78 is 45.5. The maximum Gasteiger partial charge on any atom is 0.434 e. The molecule has 0 radical (unpaired) electrons. The van der Waals surface area contributed by atoms with E-state index in [9.17, 15) is 22.8 Å². The van der Waals surface area contributed by atoms with Gasteiger partial charge in [-0.2, -0.15) is 18.3 Å². The SMILES string of the molecule is COC(=O)c1cnn(-c2ccc(N/C=C(\N)c3cccc(C(=O)O)c3)cc2)c1C(F)(F)F. The fraction of sp³-hybridized carbons (Fsp3) is 0.0952. The van der Waals surface area contributed by atoms with Crippen LogP contribution in [-0.4, -0.2) is 33.9 Å². The van der Waals surface area contributed by atoms with Crippen LogP contribution in [0.5, 0.6) is 0 Å². The van der Waals surface area contributed by atoms with Gasteiger partial charge in [0.1, 0.15) is 5.56 Å². The summed E-state index contributed by atoms with van der Waals surface area (Å²) >= 11 is 0. The molecule has 0 aliphatic rings. The topological polar surface area (TPSA) is 119 Å². The molecule has 8 nitrogen and oxygen atoms in total. The Bertz CT molecular complexity index is 1180. The summed E-state index contributed by atoms with van der Waals surface area (Å²) in [6.07, 6.45) is -2.60. The summed E-state index contributed by atoms with van der Waals surface area (Å²) in [7, 11) is 0.984. The second-order valence-corrected chi connectivity index (χ2v) is 6.48. The summed E-state index contributed by atoms with van der Waals surface area (Å²) in [5.41, 5.74) is 5.42. The molecule has 0 saturated heterocycles. The number of methoxy groups -OCH3 is 1. The Labute approximate surface area is 179 Å². The van der Waals surface area contributed by atoms with Gasteiger partial charge in [-0.05, 0) is 42.0 Å². The molecule has 0 amide bonds. The van der Waals surface area contributed by atoms with Crippen molar-refractivity contribution in [3.05, 3.63) is 83.3 Å². The lowest BCUT2D eigenvalue weighted by Gasteiger charge is -2.12. The van der Waals surface area contributed by atoms with Gasteiger partial charge in [0.2, 0.25) is 0 Å². The number of rotatable bonds is 6. The fourth-order valence-corrected chi connectivity index (χ4v) is 2.85. The van der Waals surface area contributed by atoms with Crippen molar-refractivity contribution >= 4 is 23.3 Å². The fourth-order valence-electron chi connectivity index (χ4n) is 2.85. The summed E-state index contributed by atoms with van der Waals surface area (Å²) in [5, 5.41) is 15.6. The Morgan fingerprint density at radius 1 is 1.16 bits per heavy atom. The molecule has 3 rings (SSSR count). The van der Waals surface area contributed by atoms with E-state index >= 15 is 0 Å². The number of nitrogens with two attached hydrogens (primary N) is 1. The van der Waals surface area contributed by atoms with Gasteiger partial charge >= 0.3 is 18.1 Å². The van der Waals surface area contributed by atoms with Crippen LogP contribution in [0.1, 0.15) is 32.0 Å². The highest BCUT2D eigenvalue weighted by Crippen LogP contribution is 2.34. The predicted octanol–water partition coefficient (Wildman–Crippen LogP) is 3.75. The van der Waals surface area contributed by atoms with E-state index in [1.54, 1.807) is 12.1 Å². The molecule has 0 fully saturated rings. The highest BCUT2D eigenvalue weighted by molar-refractivity contribution is 5.91. The number of halogens is 3. The Morgan fingerprint density at radius 2 is 1.81 bits per heavy atom. The van der Waals surface area contributed by atoms with Gasteiger partial charge in [0.05, 0.1) is 30.3 Å². The van der Waals surface area contributed by atoms with Crippen LogP contribution in [0, 0.1) is 0 Å². The number of carboxylic acids is 1. The minimum Gasteiger partial charge on any atom is -0.478 e. The Morgan fingerprint density at radius 3 is 2.41 bits per heavy atom. The highest BCUT2D eigenvalue weighted by Gasteiger charge is 2.40. The quantitative estimate of drug-likeness (QED) is 0.494. The second kappa shape index (κ2) is 8.84. The number of nitrogens with zero attached hydrogens (tertiary/aromatic N) is 2. The third-order valence-corrected chi connectivity index (χ3v) is 4.39. The average molecular weight is 446 g/mol. The maximum absolute atomic E-state index is 13.5. The van der Waals surface area contributed by atoms with Crippen LogP contribution in [0.3, 0.4) is 0 Å². The molecule has 1 aromatic heterocycles. The Kier molecular flexibility index (Phi) is 6.19. The van der Waals surface area contributed by atoms with Crippen molar-refractivity contribution in [2.75, 3.05) is 12.4 Å². The number of hydrogen-bond acceptors (Lipinski definition) is 6. The van der Waals surface area contributed by atoms with E-state index in [-0.39, 0.29) is 16.9 Å². The number of aromatic carboxylic acids is 1. The molecule has 0 unspecified atom stereocenters. The minimum absolute atomic E-state index is 0.0733. The van der Waals surface area contributed by atoms with Crippen LogP contribution in [0.25, 0.3) is 11.4 Å². The first-order valence-electron chi connectivity index (χ1n) is 9.01. The van der Waals surface area contributed by atoms with Crippen LogP contribution in [0.15, 0.2) is 60.9 Å². The molecule has 166 valence electrons. The smallest absolute Gasteiger partial charge is 0.434 e. The molecule has 11 heteroatoms. The molecule has 1 heterocycles. The number of anilines is 1. The number of hydrogen-bond donors (Lipinski definition) is 3. The molecule has 3 aromatic rings. The summed E-state index contributed by atoms with van der Waals surface area (Å²) in [4.78, 5) is 22.7. The van der Waals surface area contributed by atoms with E-state index in [0.717, 1.165) is 13.3 Å². The first kappa shape index (κ1) is 22.4. The van der Waals surface area contributed by atoms with Gasteiger partial charge in [0, 0.05) is 11.9 Å². The van der Waals surface area contributed by atoms with Gasteiger partial charge in [-0.15, -0.1) is 0 Å². The van der Waals surface area contributed by atoms with Crippen molar-refractivity contribution in [3.8, 4) is 5.69 Å². The predicted molar refractivity (Wildman–Crippen MR) is 109 cm³/mol. The van der Waals surface area contributed by atoms with Crippen molar-refractivity contribution in [1.29, 1.82) is 0 Å². The molecule has 0 aliphatic carbocycles. The van der Waals surface area contributed by atoms with Crippen molar-refractivity contribution in [3.63, 3.8) is 0 Å². The van der Waals surface area contributed by atoms with Gasteiger partial charge in [-0.1, -0.05) is 12.1 Å². The number of carbonyl (C=O) groups excluding carboxylic acids is 1. The van der Waals surface area contributed by atoms with Crippen molar-refractivity contribution in [1.82, 2.24) is 9.78 Å². The first-order chi connectivity index (χ1) is 15.1. The summed E-state index contributed by atoms with van der Waals surface area (Å²) in [6.45, 7) is 0. The lowest BCUT2D eigenvalue weighted by molar-refractivity contribution is -0.143. The van der Waals surface area contributed by atoms with Gasteiger partial charge in [-0.25, -0.2) is 14.3 Å². The summed E-state index contributed by atoms with van der Waals surface area (Å²) in [5.74, 6) is -2.23. The molecule has 2 aromatic carbocycles. The number of esters is 1. The second-order valence-electron chi connectivity index (χ2n) is 6.48. The van der Waals surface area contributed by atoms with Crippen LogP contribution >= 0.6 is 0 Å². The molecular weight excluding hydrogens is 429 g/mol. The third-order valence-electron chi connectivity index (χ3n) is 4.39. The standard InChI is InChI=1S/C21H17F3N4O4/c1-32-20(31)16-10-27-28(18(16)21(22,23)24)15-7-5-14(6-8-15)26-11-17(25)12-3-2-4-13(9-12)19(29)30/h2-11,26H,25H2,1H3,(H,29,30)/b17-11-. The number of aromatic nitrogens is 2. The minimum atomic E-state index is -4.83. The largest absolute Gasteiger partial charge is 0.478 e. The third kappa shape index (κ3) is 4.72. The lowest BCUT2D eigenvalue weighted by Crippen LogP contribution is -2.18.